The zero-order valence-corrected chi connectivity index (χ0v) is 8.83. The van der Waals surface area contributed by atoms with Gasteiger partial charge in [-0.25, -0.2) is 9.48 Å². The van der Waals surface area contributed by atoms with Crippen LogP contribution in [0, 0.1) is 0 Å². The lowest BCUT2D eigenvalue weighted by molar-refractivity contribution is 0.0587. The highest BCUT2D eigenvalue weighted by molar-refractivity contribution is 5.86. The first-order chi connectivity index (χ1) is 7.81. The molecule has 0 radical (unpaired) electrons. The number of hydrogen-bond acceptors (Lipinski definition) is 4. The molecule has 0 bridgehead atoms. The molecule has 0 aliphatic carbocycles. The minimum absolute atomic E-state index is 0.353. The summed E-state index contributed by atoms with van der Waals surface area (Å²) in [6, 6.07) is 9.73. The third kappa shape index (κ3) is 2.08. The molecule has 0 N–H and O–H groups in total. The highest BCUT2D eigenvalue weighted by Crippen LogP contribution is 2.05. The fourth-order valence-electron chi connectivity index (χ4n) is 1.39. The van der Waals surface area contributed by atoms with Crippen molar-refractivity contribution in [3.05, 3.63) is 47.8 Å². The summed E-state index contributed by atoms with van der Waals surface area (Å²) in [4.78, 5) is 11.4. The van der Waals surface area contributed by atoms with Crippen LogP contribution in [0.3, 0.4) is 0 Å². The second-order valence-corrected chi connectivity index (χ2v) is 3.25. The van der Waals surface area contributed by atoms with E-state index in [1.54, 1.807) is 0 Å². The fraction of sp³-hybridized carbons (Fsp3) is 0.182. The van der Waals surface area contributed by atoms with Crippen molar-refractivity contribution in [1.29, 1.82) is 0 Å². The van der Waals surface area contributed by atoms with Crippen LogP contribution in [0.25, 0.3) is 0 Å². The summed E-state index contributed by atoms with van der Waals surface area (Å²) in [6.07, 6.45) is 1.40. The van der Waals surface area contributed by atoms with Crippen LogP contribution in [0.5, 0.6) is 0 Å². The molecule has 1 aromatic carbocycles. The van der Waals surface area contributed by atoms with Gasteiger partial charge in [-0.3, -0.25) is 0 Å². The second-order valence-electron chi connectivity index (χ2n) is 3.25. The highest BCUT2D eigenvalue weighted by atomic mass is 16.5. The lowest BCUT2D eigenvalue weighted by Gasteiger charge is -2.04. The molecule has 5 heteroatoms. The summed E-state index contributed by atoms with van der Waals surface area (Å²) in [5.74, 6) is -0.430. The van der Waals surface area contributed by atoms with Gasteiger partial charge in [0.1, 0.15) is 0 Å². The van der Waals surface area contributed by atoms with Crippen LogP contribution in [-0.2, 0) is 11.3 Å². The average Bonchev–Trinajstić information content (AvgIpc) is 2.77. The standard InChI is InChI=1S/C11H11N3O2/c1-16-11(15)10-7-12-13-14(10)8-9-5-3-2-4-6-9/h2-7H,8H2,1H3. The SMILES string of the molecule is COC(=O)c1cnnn1Cc1ccccc1. The maximum Gasteiger partial charge on any atom is 0.358 e. The largest absolute Gasteiger partial charge is 0.464 e. The Morgan fingerprint density at radius 3 is 2.81 bits per heavy atom. The van der Waals surface area contributed by atoms with Crippen molar-refractivity contribution >= 4 is 5.97 Å². The van der Waals surface area contributed by atoms with Crippen molar-refractivity contribution < 1.29 is 9.53 Å². The summed E-state index contributed by atoms with van der Waals surface area (Å²) in [5, 5.41) is 7.55. The average molecular weight is 217 g/mol. The van der Waals surface area contributed by atoms with Crippen molar-refractivity contribution in [1.82, 2.24) is 15.0 Å². The number of hydrogen-bond donors (Lipinski definition) is 0. The number of nitrogens with zero attached hydrogens (tertiary/aromatic N) is 3. The Morgan fingerprint density at radius 2 is 2.12 bits per heavy atom. The van der Waals surface area contributed by atoms with Gasteiger partial charge in [-0.05, 0) is 5.56 Å². The van der Waals surface area contributed by atoms with Crippen LogP contribution in [0.2, 0.25) is 0 Å². The molecule has 0 unspecified atom stereocenters. The molecule has 0 amide bonds. The van der Waals surface area contributed by atoms with Crippen LogP contribution < -0.4 is 0 Å². The molecule has 2 aromatic rings. The maximum atomic E-state index is 11.4. The van der Waals surface area contributed by atoms with Gasteiger partial charge in [0.05, 0.1) is 19.9 Å². The third-order valence-corrected chi connectivity index (χ3v) is 2.19. The topological polar surface area (TPSA) is 57.0 Å². The van der Waals surface area contributed by atoms with E-state index in [1.165, 1.54) is 18.0 Å². The molecule has 0 atom stereocenters. The predicted octanol–water partition coefficient (Wildman–Crippen LogP) is 1.11. The first-order valence-corrected chi connectivity index (χ1v) is 4.82. The van der Waals surface area contributed by atoms with Gasteiger partial charge in [0.15, 0.2) is 5.69 Å². The normalized spacial score (nSPS) is 10.1. The number of ether oxygens (including phenoxy) is 1. The Bertz CT molecular complexity index is 479. The van der Waals surface area contributed by atoms with E-state index >= 15 is 0 Å². The van der Waals surface area contributed by atoms with E-state index in [1.807, 2.05) is 30.3 Å². The number of methoxy groups -OCH3 is 1. The third-order valence-electron chi connectivity index (χ3n) is 2.19. The van der Waals surface area contributed by atoms with E-state index in [9.17, 15) is 4.79 Å². The molecule has 0 aliphatic rings. The lowest BCUT2D eigenvalue weighted by Crippen LogP contribution is -2.12. The zero-order valence-electron chi connectivity index (χ0n) is 8.83. The minimum atomic E-state index is -0.430. The minimum Gasteiger partial charge on any atom is -0.464 e. The number of aromatic nitrogens is 3. The zero-order chi connectivity index (χ0) is 11.4. The van der Waals surface area contributed by atoms with Crippen molar-refractivity contribution in [2.45, 2.75) is 6.54 Å². The molecule has 0 spiro atoms. The van der Waals surface area contributed by atoms with Crippen molar-refractivity contribution in [2.75, 3.05) is 7.11 Å². The van der Waals surface area contributed by atoms with Gasteiger partial charge in [0.25, 0.3) is 0 Å². The second kappa shape index (κ2) is 4.57. The van der Waals surface area contributed by atoms with E-state index < -0.39 is 5.97 Å². The van der Waals surface area contributed by atoms with Crippen LogP contribution in [0.15, 0.2) is 36.5 Å². The summed E-state index contributed by atoms with van der Waals surface area (Å²) in [5.41, 5.74) is 1.41. The van der Waals surface area contributed by atoms with Gasteiger partial charge >= 0.3 is 5.97 Å². The molecule has 0 saturated carbocycles. The molecule has 0 saturated heterocycles. The van der Waals surface area contributed by atoms with Crippen LogP contribution in [0.4, 0.5) is 0 Å². The smallest absolute Gasteiger partial charge is 0.358 e. The molecular weight excluding hydrogens is 206 g/mol. The molecule has 82 valence electrons. The van der Waals surface area contributed by atoms with Gasteiger partial charge in [0, 0.05) is 0 Å². The molecule has 16 heavy (non-hydrogen) atoms. The number of carbonyl (C=O) groups is 1. The molecule has 5 nitrogen and oxygen atoms in total. The van der Waals surface area contributed by atoms with E-state index in [0.29, 0.717) is 12.2 Å². The van der Waals surface area contributed by atoms with Crippen LogP contribution in [0.1, 0.15) is 16.1 Å². The molecule has 0 aliphatic heterocycles. The molecule has 1 aromatic heterocycles. The maximum absolute atomic E-state index is 11.4. The van der Waals surface area contributed by atoms with Crippen LogP contribution >= 0.6 is 0 Å². The number of carbonyl (C=O) groups excluding carboxylic acids is 1. The van der Waals surface area contributed by atoms with Gasteiger partial charge in [-0.2, -0.15) is 0 Å². The van der Waals surface area contributed by atoms with Crippen LogP contribution in [-0.4, -0.2) is 28.1 Å². The Hall–Kier alpha value is -2.17. The summed E-state index contributed by atoms with van der Waals surface area (Å²) in [7, 11) is 1.34. The first-order valence-electron chi connectivity index (χ1n) is 4.82. The summed E-state index contributed by atoms with van der Waals surface area (Å²) in [6.45, 7) is 0.505. The van der Waals surface area contributed by atoms with E-state index in [4.69, 9.17) is 0 Å². The predicted molar refractivity (Wildman–Crippen MR) is 56.9 cm³/mol. The van der Waals surface area contributed by atoms with E-state index in [2.05, 4.69) is 15.0 Å². The Balaban J connectivity index is 2.22. The Labute approximate surface area is 92.7 Å². The van der Waals surface area contributed by atoms with Gasteiger partial charge < -0.3 is 4.74 Å². The monoisotopic (exact) mass is 217 g/mol. The Kier molecular flexibility index (Phi) is 2.95. The number of benzene rings is 1. The van der Waals surface area contributed by atoms with Gasteiger partial charge in [-0.15, -0.1) is 5.10 Å². The molecular formula is C11H11N3O2. The number of rotatable bonds is 3. The summed E-state index contributed by atoms with van der Waals surface area (Å²) < 4.78 is 6.15. The van der Waals surface area contributed by atoms with Gasteiger partial charge in [-0.1, -0.05) is 35.5 Å². The molecule has 1 heterocycles. The van der Waals surface area contributed by atoms with Crippen molar-refractivity contribution in [2.24, 2.45) is 0 Å². The van der Waals surface area contributed by atoms with Crippen molar-refractivity contribution in [3.8, 4) is 0 Å². The van der Waals surface area contributed by atoms with Gasteiger partial charge in [0.2, 0.25) is 0 Å². The summed E-state index contributed by atoms with van der Waals surface area (Å²) >= 11 is 0. The molecule has 0 fully saturated rings. The van der Waals surface area contributed by atoms with E-state index in [-0.39, 0.29) is 0 Å². The van der Waals surface area contributed by atoms with E-state index in [0.717, 1.165) is 5.56 Å². The lowest BCUT2D eigenvalue weighted by atomic mass is 10.2. The number of esters is 1. The highest BCUT2D eigenvalue weighted by Gasteiger charge is 2.13. The Morgan fingerprint density at radius 1 is 1.38 bits per heavy atom. The fourth-order valence-corrected chi connectivity index (χ4v) is 1.39. The van der Waals surface area contributed by atoms with Crippen molar-refractivity contribution in [3.63, 3.8) is 0 Å². The molecule has 2 rings (SSSR count). The quantitative estimate of drug-likeness (QED) is 0.723. The first kappa shape index (κ1) is 10.4.